The third-order valence-corrected chi connectivity index (χ3v) is 4.30. The predicted molar refractivity (Wildman–Crippen MR) is 103 cm³/mol. The molecule has 23 heavy (non-hydrogen) atoms. The number of anilines is 1. The van der Waals surface area contributed by atoms with Gasteiger partial charge in [-0.3, -0.25) is 0 Å². The lowest BCUT2D eigenvalue weighted by Gasteiger charge is -2.17. The summed E-state index contributed by atoms with van der Waals surface area (Å²) in [6.07, 6.45) is 3.82. The molecule has 0 spiro atoms. The van der Waals surface area contributed by atoms with Gasteiger partial charge in [-0.2, -0.15) is 0 Å². The highest BCUT2D eigenvalue weighted by Crippen LogP contribution is 2.25. The zero-order chi connectivity index (χ0) is 17.6. The van der Waals surface area contributed by atoms with Gasteiger partial charge in [-0.25, -0.2) is 0 Å². The highest BCUT2D eigenvalue weighted by molar-refractivity contribution is 5.53. The summed E-state index contributed by atoms with van der Waals surface area (Å²) in [5.41, 5.74) is 11.7. The van der Waals surface area contributed by atoms with E-state index in [1.807, 2.05) is 26.0 Å². The molecule has 3 N–H and O–H groups in total. The largest absolute Gasteiger partial charge is 0.399 e. The Kier molecular flexibility index (Phi) is 6.89. The Morgan fingerprint density at radius 2 is 1.70 bits per heavy atom. The van der Waals surface area contributed by atoms with Crippen LogP contribution >= 0.6 is 0 Å². The lowest BCUT2D eigenvalue weighted by atomic mass is 9.90. The standard InChI is InChI=1S/C21H30N2/c1-8-19(13-15(4)17(6)22)18(7)23-21-11-9-20(10-12-21)16(5)14(2)3/h8-14,16,23H,1,6,22H2,2-5,7H3/b15-13-,19-18+. The van der Waals surface area contributed by atoms with Gasteiger partial charge >= 0.3 is 0 Å². The van der Waals surface area contributed by atoms with E-state index in [-0.39, 0.29) is 0 Å². The van der Waals surface area contributed by atoms with Gasteiger partial charge in [0.25, 0.3) is 0 Å². The van der Waals surface area contributed by atoms with Crippen LogP contribution in [0.4, 0.5) is 5.69 Å². The van der Waals surface area contributed by atoms with Crippen molar-refractivity contribution in [1.82, 2.24) is 0 Å². The van der Waals surface area contributed by atoms with E-state index >= 15 is 0 Å². The van der Waals surface area contributed by atoms with Gasteiger partial charge in [0.1, 0.15) is 0 Å². The Balaban J connectivity index is 2.97. The predicted octanol–water partition coefficient (Wildman–Crippen LogP) is 5.74. The van der Waals surface area contributed by atoms with Crippen LogP contribution in [0.3, 0.4) is 0 Å². The first kappa shape index (κ1) is 18.8. The summed E-state index contributed by atoms with van der Waals surface area (Å²) >= 11 is 0. The molecule has 0 heterocycles. The molecule has 0 bridgehead atoms. The number of hydrogen-bond donors (Lipinski definition) is 2. The molecule has 124 valence electrons. The zero-order valence-electron chi connectivity index (χ0n) is 15.1. The molecule has 0 radical (unpaired) electrons. The van der Waals surface area contributed by atoms with Crippen LogP contribution in [0.25, 0.3) is 0 Å². The van der Waals surface area contributed by atoms with Crippen molar-refractivity contribution in [2.45, 2.75) is 40.5 Å². The van der Waals surface area contributed by atoms with E-state index in [0.29, 0.717) is 17.5 Å². The minimum Gasteiger partial charge on any atom is -0.399 e. The Morgan fingerprint density at radius 3 is 2.13 bits per heavy atom. The van der Waals surface area contributed by atoms with Crippen LogP contribution in [0, 0.1) is 5.92 Å². The number of benzene rings is 1. The first-order valence-corrected chi connectivity index (χ1v) is 8.09. The Hall–Kier alpha value is -2.22. The van der Waals surface area contributed by atoms with Gasteiger partial charge in [-0.05, 0) is 60.6 Å². The lowest BCUT2D eigenvalue weighted by Crippen LogP contribution is -2.03. The first-order chi connectivity index (χ1) is 10.8. The molecule has 1 aromatic rings. The van der Waals surface area contributed by atoms with Gasteiger partial charge < -0.3 is 11.1 Å². The van der Waals surface area contributed by atoms with Gasteiger partial charge in [0.2, 0.25) is 0 Å². The van der Waals surface area contributed by atoms with Crippen LogP contribution in [0.1, 0.15) is 46.1 Å². The van der Waals surface area contributed by atoms with E-state index in [1.54, 1.807) is 0 Å². The molecule has 1 aromatic carbocycles. The molecule has 1 unspecified atom stereocenters. The topological polar surface area (TPSA) is 38.0 Å². The molecular weight excluding hydrogens is 280 g/mol. The summed E-state index contributed by atoms with van der Waals surface area (Å²) in [4.78, 5) is 0. The van der Waals surface area contributed by atoms with Crippen molar-refractivity contribution in [2.75, 3.05) is 5.32 Å². The van der Waals surface area contributed by atoms with Crippen molar-refractivity contribution < 1.29 is 0 Å². The van der Waals surface area contributed by atoms with Crippen molar-refractivity contribution in [3.8, 4) is 0 Å². The van der Waals surface area contributed by atoms with Crippen LogP contribution in [0.2, 0.25) is 0 Å². The average Bonchev–Trinajstić information content (AvgIpc) is 2.51. The molecule has 0 aromatic heterocycles. The minimum absolute atomic E-state index is 0.561. The highest BCUT2D eigenvalue weighted by Gasteiger charge is 2.09. The van der Waals surface area contributed by atoms with Crippen molar-refractivity contribution >= 4 is 5.69 Å². The highest BCUT2D eigenvalue weighted by atomic mass is 14.9. The Bertz CT molecular complexity index is 616. The van der Waals surface area contributed by atoms with Gasteiger partial charge in [-0.15, -0.1) is 0 Å². The third kappa shape index (κ3) is 5.48. The number of rotatable bonds is 7. The SMILES string of the molecule is C=CC(/C=C(/C)C(=C)N)=C(/C)Nc1ccc(C(C)C(C)C)cc1. The first-order valence-electron chi connectivity index (χ1n) is 8.09. The molecule has 0 aliphatic heterocycles. The molecule has 1 rings (SSSR count). The zero-order valence-corrected chi connectivity index (χ0v) is 15.1. The number of hydrogen-bond acceptors (Lipinski definition) is 2. The van der Waals surface area contributed by atoms with Gasteiger partial charge in [0.15, 0.2) is 0 Å². The Labute approximate surface area is 141 Å². The number of nitrogens with one attached hydrogen (secondary N) is 1. The van der Waals surface area contributed by atoms with Crippen molar-refractivity contribution in [1.29, 1.82) is 0 Å². The average molecular weight is 310 g/mol. The van der Waals surface area contributed by atoms with E-state index in [4.69, 9.17) is 5.73 Å². The van der Waals surface area contributed by atoms with E-state index in [1.165, 1.54) is 5.56 Å². The van der Waals surface area contributed by atoms with Crippen LogP contribution in [0.15, 0.2) is 72.1 Å². The third-order valence-electron chi connectivity index (χ3n) is 4.30. The maximum atomic E-state index is 5.72. The maximum Gasteiger partial charge on any atom is 0.0382 e. The maximum absolute atomic E-state index is 5.72. The molecule has 2 nitrogen and oxygen atoms in total. The summed E-state index contributed by atoms with van der Waals surface area (Å²) in [6, 6.07) is 8.63. The minimum atomic E-state index is 0.561. The molecule has 2 heteroatoms. The second-order valence-corrected chi connectivity index (χ2v) is 6.42. The van der Waals surface area contributed by atoms with E-state index in [9.17, 15) is 0 Å². The molecule has 0 fully saturated rings. The van der Waals surface area contributed by atoms with E-state index in [0.717, 1.165) is 22.5 Å². The van der Waals surface area contributed by atoms with Gasteiger partial charge in [0.05, 0.1) is 0 Å². The second kappa shape index (κ2) is 8.42. The summed E-state index contributed by atoms with van der Waals surface area (Å²) in [7, 11) is 0. The summed E-state index contributed by atoms with van der Waals surface area (Å²) < 4.78 is 0. The van der Waals surface area contributed by atoms with Crippen molar-refractivity contribution in [2.24, 2.45) is 11.7 Å². The van der Waals surface area contributed by atoms with E-state index < -0.39 is 0 Å². The fraction of sp³-hybridized carbons (Fsp3) is 0.333. The van der Waals surface area contributed by atoms with Gasteiger partial charge in [0, 0.05) is 17.1 Å². The molecular formula is C21H30N2. The van der Waals surface area contributed by atoms with E-state index in [2.05, 4.69) is 63.5 Å². The number of allylic oxidation sites excluding steroid dienone is 5. The van der Waals surface area contributed by atoms with Gasteiger partial charge in [-0.1, -0.05) is 52.1 Å². The van der Waals surface area contributed by atoms with Crippen LogP contribution in [-0.4, -0.2) is 0 Å². The normalized spacial score (nSPS) is 14.3. The molecule has 0 aliphatic carbocycles. The second-order valence-electron chi connectivity index (χ2n) is 6.42. The summed E-state index contributed by atoms with van der Waals surface area (Å²) in [5, 5.41) is 3.43. The molecule has 0 aliphatic rings. The van der Waals surface area contributed by atoms with Crippen molar-refractivity contribution in [3.63, 3.8) is 0 Å². The monoisotopic (exact) mass is 310 g/mol. The molecule has 0 saturated carbocycles. The molecule has 0 saturated heterocycles. The molecule has 1 atom stereocenters. The summed E-state index contributed by atoms with van der Waals surface area (Å²) in [6.45, 7) is 18.4. The number of nitrogens with two attached hydrogens (primary N) is 1. The smallest absolute Gasteiger partial charge is 0.0382 e. The molecule has 0 amide bonds. The van der Waals surface area contributed by atoms with Crippen LogP contribution in [0.5, 0.6) is 0 Å². The quantitative estimate of drug-likeness (QED) is 0.630. The van der Waals surface area contributed by atoms with Crippen LogP contribution < -0.4 is 11.1 Å². The van der Waals surface area contributed by atoms with Crippen molar-refractivity contribution in [3.05, 3.63) is 77.7 Å². The summed E-state index contributed by atoms with van der Waals surface area (Å²) in [5.74, 6) is 1.20. The van der Waals surface area contributed by atoms with Crippen LogP contribution in [-0.2, 0) is 0 Å². The Morgan fingerprint density at radius 1 is 1.13 bits per heavy atom. The lowest BCUT2D eigenvalue weighted by molar-refractivity contribution is 0.535. The fourth-order valence-corrected chi connectivity index (χ4v) is 2.19. The fourth-order valence-electron chi connectivity index (χ4n) is 2.19.